The van der Waals surface area contributed by atoms with E-state index in [2.05, 4.69) is 4.98 Å². The van der Waals surface area contributed by atoms with Crippen LogP contribution in [0, 0.1) is 0 Å². The molecule has 7 heteroatoms. The van der Waals surface area contributed by atoms with Gasteiger partial charge in [-0.15, -0.1) is 0 Å². The number of carbonyl (C=O) groups is 3. The summed E-state index contributed by atoms with van der Waals surface area (Å²) in [7, 11) is 0. The summed E-state index contributed by atoms with van der Waals surface area (Å²) in [4.78, 5) is 45.2. The monoisotopic (exact) mass is 298 g/mol. The molecule has 1 aromatic heterocycles. The van der Waals surface area contributed by atoms with E-state index in [0.717, 1.165) is 19.2 Å². The number of rotatable bonds is 3. The van der Waals surface area contributed by atoms with E-state index in [1.54, 1.807) is 12.1 Å². The van der Waals surface area contributed by atoms with Gasteiger partial charge >= 0.3 is 5.97 Å². The van der Waals surface area contributed by atoms with Gasteiger partial charge in [-0.2, -0.15) is 0 Å². The van der Waals surface area contributed by atoms with Gasteiger partial charge in [-0.25, -0.2) is 9.78 Å². The van der Waals surface area contributed by atoms with E-state index in [9.17, 15) is 14.4 Å². The number of carbonyl (C=O) groups excluding carboxylic acids is 3. The van der Waals surface area contributed by atoms with Crippen molar-refractivity contribution < 1.29 is 23.6 Å². The fourth-order valence-electron chi connectivity index (χ4n) is 2.42. The third-order valence-corrected chi connectivity index (χ3v) is 3.67. The second-order valence-corrected chi connectivity index (χ2v) is 5.17. The predicted octanol–water partition coefficient (Wildman–Crippen LogP) is 1.92. The van der Waals surface area contributed by atoms with Crippen molar-refractivity contribution in [1.82, 2.24) is 10.0 Å². The van der Waals surface area contributed by atoms with E-state index in [-0.39, 0.29) is 22.7 Å². The molecule has 110 valence electrons. The second kappa shape index (κ2) is 4.52. The smallest absolute Gasteiger partial charge is 0.385 e. The topological polar surface area (TPSA) is 89.7 Å². The van der Waals surface area contributed by atoms with E-state index < -0.39 is 17.8 Å². The van der Waals surface area contributed by atoms with Crippen LogP contribution in [0.4, 0.5) is 0 Å². The molecule has 2 heterocycles. The molecule has 1 aromatic carbocycles. The molecule has 1 fully saturated rings. The van der Waals surface area contributed by atoms with Crippen LogP contribution in [0.15, 0.2) is 35.1 Å². The van der Waals surface area contributed by atoms with Gasteiger partial charge in [0.15, 0.2) is 12.1 Å². The summed E-state index contributed by atoms with van der Waals surface area (Å²) in [5.41, 5.74) is 0.435. The molecule has 0 atom stereocenters. The Morgan fingerprint density at radius 1 is 1.18 bits per heavy atom. The number of hydrogen-bond acceptors (Lipinski definition) is 6. The summed E-state index contributed by atoms with van der Waals surface area (Å²) in [5, 5.41) is 0.471. The highest BCUT2D eigenvalue weighted by molar-refractivity contribution is 6.21. The predicted molar refractivity (Wildman–Crippen MR) is 70.8 cm³/mol. The first-order valence-corrected chi connectivity index (χ1v) is 6.80. The van der Waals surface area contributed by atoms with Crippen LogP contribution in [0.2, 0.25) is 0 Å². The van der Waals surface area contributed by atoms with Crippen molar-refractivity contribution in [2.45, 2.75) is 18.8 Å². The van der Waals surface area contributed by atoms with Crippen molar-refractivity contribution in [3.8, 4) is 0 Å². The Labute approximate surface area is 124 Å². The van der Waals surface area contributed by atoms with Gasteiger partial charge in [0.2, 0.25) is 0 Å². The van der Waals surface area contributed by atoms with Crippen molar-refractivity contribution >= 4 is 17.8 Å². The summed E-state index contributed by atoms with van der Waals surface area (Å²) in [6, 6.07) is 6.29. The number of hydrogen-bond donors (Lipinski definition) is 0. The SMILES string of the molecule is O=C(ON1C(=O)c2ccccc2C1=O)c1ncoc1C1CC1. The molecule has 4 rings (SSSR count). The van der Waals surface area contributed by atoms with Crippen LogP contribution in [-0.4, -0.2) is 27.8 Å². The highest BCUT2D eigenvalue weighted by atomic mass is 16.7. The molecular weight excluding hydrogens is 288 g/mol. The number of nitrogens with zero attached hydrogens (tertiary/aromatic N) is 2. The van der Waals surface area contributed by atoms with Crippen molar-refractivity contribution in [1.29, 1.82) is 0 Å². The zero-order valence-corrected chi connectivity index (χ0v) is 11.3. The van der Waals surface area contributed by atoms with Gasteiger partial charge in [-0.1, -0.05) is 17.2 Å². The first kappa shape index (κ1) is 12.8. The third kappa shape index (κ3) is 1.82. The van der Waals surface area contributed by atoms with E-state index in [1.165, 1.54) is 12.1 Å². The van der Waals surface area contributed by atoms with Gasteiger partial charge in [-0.05, 0) is 25.0 Å². The number of benzene rings is 1. The standard InChI is InChI=1S/C15H10N2O5/c18-13-9-3-1-2-4-10(9)14(19)17(13)22-15(20)11-12(8-5-6-8)21-7-16-11/h1-4,7-8H,5-6H2. The normalized spacial score (nSPS) is 16.8. The lowest BCUT2D eigenvalue weighted by molar-refractivity contribution is -0.0589. The van der Waals surface area contributed by atoms with Crippen LogP contribution in [-0.2, 0) is 4.84 Å². The maximum Gasteiger partial charge on any atom is 0.385 e. The zero-order valence-electron chi connectivity index (χ0n) is 11.3. The molecule has 0 spiro atoms. The van der Waals surface area contributed by atoms with Gasteiger partial charge in [0, 0.05) is 5.92 Å². The van der Waals surface area contributed by atoms with Crippen LogP contribution >= 0.6 is 0 Å². The molecule has 0 unspecified atom stereocenters. The van der Waals surface area contributed by atoms with Crippen molar-refractivity contribution in [3.63, 3.8) is 0 Å². The Hall–Kier alpha value is -2.96. The molecule has 0 saturated heterocycles. The molecule has 2 aliphatic rings. The summed E-state index contributed by atoms with van der Waals surface area (Å²) in [5.74, 6) is -1.59. The Balaban J connectivity index is 1.59. The first-order valence-electron chi connectivity index (χ1n) is 6.80. The molecule has 0 bridgehead atoms. The maximum atomic E-state index is 12.2. The first-order chi connectivity index (χ1) is 10.7. The van der Waals surface area contributed by atoms with E-state index in [4.69, 9.17) is 9.25 Å². The minimum absolute atomic E-state index is 0.0130. The highest BCUT2D eigenvalue weighted by Crippen LogP contribution is 2.41. The average molecular weight is 298 g/mol. The number of hydroxylamine groups is 2. The minimum atomic E-state index is -0.870. The molecule has 2 amide bonds. The molecular formula is C15H10N2O5. The van der Waals surface area contributed by atoms with Crippen molar-refractivity contribution in [2.75, 3.05) is 0 Å². The Kier molecular flexibility index (Phi) is 2.62. The molecule has 2 aromatic rings. The fourth-order valence-corrected chi connectivity index (χ4v) is 2.42. The van der Waals surface area contributed by atoms with Crippen LogP contribution in [0.5, 0.6) is 0 Å². The molecule has 7 nitrogen and oxygen atoms in total. The van der Waals surface area contributed by atoms with Crippen LogP contribution in [0.1, 0.15) is 55.7 Å². The van der Waals surface area contributed by atoms with Crippen molar-refractivity contribution in [3.05, 3.63) is 53.2 Å². The molecule has 0 N–H and O–H groups in total. The summed E-state index contributed by atoms with van der Waals surface area (Å²) in [6.45, 7) is 0. The summed E-state index contributed by atoms with van der Waals surface area (Å²) < 4.78 is 5.19. The minimum Gasteiger partial charge on any atom is -0.447 e. The van der Waals surface area contributed by atoms with Gasteiger partial charge in [-0.3, -0.25) is 9.59 Å². The molecule has 1 aliphatic heterocycles. The summed E-state index contributed by atoms with van der Waals surface area (Å²) >= 11 is 0. The van der Waals surface area contributed by atoms with Crippen LogP contribution in [0.3, 0.4) is 0 Å². The number of amides is 2. The van der Waals surface area contributed by atoms with E-state index in [0.29, 0.717) is 10.8 Å². The average Bonchev–Trinajstić information content (AvgIpc) is 3.22. The number of oxazole rings is 1. The lowest BCUT2D eigenvalue weighted by Crippen LogP contribution is -2.33. The van der Waals surface area contributed by atoms with Gasteiger partial charge < -0.3 is 9.25 Å². The molecule has 1 saturated carbocycles. The molecule has 0 radical (unpaired) electrons. The Morgan fingerprint density at radius 2 is 1.82 bits per heavy atom. The van der Waals surface area contributed by atoms with E-state index in [1.807, 2.05) is 0 Å². The number of fused-ring (bicyclic) bond motifs is 1. The maximum absolute atomic E-state index is 12.2. The third-order valence-electron chi connectivity index (χ3n) is 3.67. The second-order valence-electron chi connectivity index (χ2n) is 5.17. The van der Waals surface area contributed by atoms with Gasteiger partial charge in [0.25, 0.3) is 11.8 Å². The number of aromatic nitrogens is 1. The number of imide groups is 1. The van der Waals surface area contributed by atoms with Gasteiger partial charge in [0.05, 0.1) is 11.1 Å². The van der Waals surface area contributed by atoms with Crippen LogP contribution in [0.25, 0.3) is 0 Å². The molecule has 22 heavy (non-hydrogen) atoms. The fraction of sp³-hybridized carbons (Fsp3) is 0.200. The van der Waals surface area contributed by atoms with Crippen molar-refractivity contribution in [2.24, 2.45) is 0 Å². The highest BCUT2D eigenvalue weighted by Gasteiger charge is 2.40. The lowest BCUT2D eigenvalue weighted by atomic mass is 10.1. The quantitative estimate of drug-likeness (QED) is 0.804. The largest absolute Gasteiger partial charge is 0.447 e. The Bertz CT molecular complexity index is 771. The zero-order chi connectivity index (χ0) is 15.3. The van der Waals surface area contributed by atoms with E-state index >= 15 is 0 Å². The van der Waals surface area contributed by atoms with Crippen LogP contribution < -0.4 is 0 Å². The summed E-state index contributed by atoms with van der Waals surface area (Å²) in [6.07, 6.45) is 3.00. The molecule has 1 aliphatic carbocycles. The Morgan fingerprint density at radius 3 is 2.41 bits per heavy atom. The van der Waals surface area contributed by atoms with Gasteiger partial charge in [0.1, 0.15) is 5.76 Å². The lowest BCUT2D eigenvalue weighted by Gasteiger charge is -2.11.